The maximum absolute atomic E-state index is 10.2. The zero-order valence-electron chi connectivity index (χ0n) is 21.9. The van der Waals surface area contributed by atoms with Gasteiger partial charge >= 0.3 is 0 Å². The van der Waals surface area contributed by atoms with E-state index in [0.29, 0.717) is 29.4 Å². The third-order valence-corrected chi connectivity index (χ3v) is 8.71. The van der Waals surface area contributed by atoms with Crippen LogP contribution in [0.4, 0.5) is 11.5 Å². The molecular formula is C28H33N7O2S. The van der Waals surface area contributed by atoms with Gasteiger partial charge in [0.15, 0.2) is 0 Å². The molecule has 2 bridgehead atoms. The molecule has 3 N–H and O–H groups in total. The Morgan fingerprint density at radius 1 is 1.11 bits per heavy atom. The summed E-state index contributed by atoms with van der Waals surface area (Å²) in [6.07, 6.45) is 8.71. The zero-order valence-corrected chi connectivity index (χ0v) is 22.7. The van der Waals surface area contributed by atoms with Crippen molar-refractivity contribution in [3.63, 3.8) is 0 Å². The highest BCUT2D eigenvalue weighted by molar-refractivity contribution is 7.99. The fraction of sp³-hybridized carbons (Fsp3) is 0.393. The normalized spacial score (nSPS) is 19.5. The summed E-state index contributed by atoms with van der Waals surface area (Å²) in [7, 11) is 1.64. The van der Waals surface area contributed by atoms with Gasteiger partial charge in [0.1, 0.15) is 5.82 Å². The van der Waals surface area contributed by atoms with Crippen molar-refractivity contribution in [1.82, 2.24) is 24.5 Å². The Balaban J connectivity index is 1.17. The smallest absolute Gasteiger partial charge is 0.212 e. The van der Waals surface area contributed by atoms with E-state index in [2.05, 4.69) is 44.1 Å². The number of piperidine rings is 1. The summed E-state index contributed by atoms with van der Waals surface area (Å²) < 4.78 is 7.00. The molecule has 0 aromatic carbocycles. The van der Waals surface area contributed by atoms with Crippen molar-refractivity contribution >= 4 is 28.8 Å². The van der Waals surface area contributed by atoms with E-state index in [1.807, 2.05) is 43.0 Å². The zero-order chi connectivity index (χ0) is 26.4. The number of rotatable bonds is 8. The molecule has 3 saturated heterocycles. The largest absolute Gasteiger partial charge is 0.481 e. The van der Waals surface area contributed by atoms with Crippen LogP contribution in [0.15, 0.2) is 60.0 Å². The van der Waals surface area contributed by atoms with E-state index in [4.69, 9.17) is 15.5 Å². The Labute approximate surface area is 226 Å². The van der Waals surface area contributed by atoms with Crippen LogP contribution in [0.5, 0.6) is 5.88 Å². The second-order valence-electron chi connectivity index (χ2n) is 10.8. The Morgan fingerprint density at radius 3 is 2.58 bits per heavy atom. The van der Waals surface area contributed by atoms with E-state index in [-0.39, 0.29) is 0 Å². The van der Waals surface area contributed by atoms with Crippen molar-refractivity contribution in [2.24, 2.45) is 0 Å². The maximum Gasteiger partial charge on any atom is 0.212 e. The summed E-state index contributed by atoms with van der Waals surface area (Å²) in [5.41, 5.74) is 10.2. The Bertz CT molecular complexity index is 1420. The molecule has 9 nitrogen and oxygen atoms in total. The van der Waals surface area contributed by atoms with Gasteiger partial charge in [0.2, 0.25) is 5.88 Å². The number of hydrogen-bond donors (Lipinski definition) is 2. The number of hydrogen-bond acceptors (Lipinski definition) is 9. The van der Waals surface area contributed by atoms with Gasteiger partial charge in [-0.15, -0.1) is 11.8 Å². The number of nitrogens with two attached hydrogens (primary N) is 1. The Hall–Kier alpha value is -3.34. The fourth-order valence-electron chi connectivity index (χ4n) is 5.38. The van der Waals surface area contributed by atoms with Crippen molar-refractivity contribution in [1.29, 1.82) is 0 Å². The molecule has 4 aromatic heterocycles. The van der Waals surface area contributed by atoms with E-state index in [9.17, 15) is 5.11 Å². The third kappa shape index (κ3) is 4.91. The van der Waals surface area contributed by atoms with Gasteiger partial charge in [-0.1, -0.05) is 6.07 Å². The standard InChI is InChI=1S/C28H33N7O2S/c1-28(2,36)17-38-22-9-23(27-24(29)12-32-35(27)16-22)19-5-6-25(30-11-19)33-14-20-8-21(15-33)34(20)13-18-4-7-26(37-3)31-10-18/h4-7,9-12,16,20-21,36H,8,13-15,17,29H2,1-3H3. The summed E-state index contributed by atoms with van der Waals surface area (Å²) >= 11 is 1.60. The highest BCUT2D eigenvalue weighted by atomic mass is 32.2. The van der Waals surface area contributed by atoms with Gasteiger partial charge in [-0.05, 0) is 44.0 Å². The predicted molar refractivity (Wildman–Crippen MR) is 151 cm³/mol. The summed E-state index contributed by atoms with van der Waals surface area (Å²) in [5.74, 6) is 2.23. The molecule has 0 spiro atoms. The van der Waals surface area contributed by atoms with E-state index < -0.39 is 5.60 Å². The first kappa shape index (κ1) is 25.0. The summed E-state index contributed by atoms with van der Waals surface area (Å²) in [6, 6.07) is 11.4. The van der Waals surface area contributed by atoms with Crippen LogP contribution in [0.3, 0.4) is 0 Å². The van der Waals surface area contributed by atoms with Gasteiger partial charge in [-0.25, -0.2) is 14.5 Å². The lowest BCUT2D eigenvalue weighted by molar-refractivity contribution is -0.00876. The number of aliphatic hydroxyl groups is 1. The van der Waals surface area contributed by atoms with Crippen LogP contribution in [-0.4, -0.2) is 73.2 Å². The van der Waals surface area contributed by atoms with Crippen LogP contribution >= 0.6 is 11.8 Å². The number of methoxy groups -OCH3 is 1. The first-order valence-electron chi connectivity index (χ1n) is 12.9. The molecule has 3 aliphatic heterocycles. The molecule has 4 aromatic rings. The lowest BCUT2D eigenvalue weighted by Crippen LogP contribution is -2.68. The number of piperazine rings is 1. The lowest BCUT2D eigenvalue weighted by Gasteiger charge is -2.56. The van der Waals surface area contributed by atoms with Crippen LogP contribution in [0.1, 0.15) is 25.8 Å². The fourth-order valence-corrected chi connectivity index (χ4v) is 6.28. The molecule has 0 amide bonds. The maximum atomic E-state index is 10.2. The Kier molecular flexibility index (Phi) is 6.41. The van der Waals surface area contributed by atoms with Gasteiger partial charge in [-0.3, -0.25) is 4.90 Å². The topological polar surface area (TPSA) is 105 Å². The average molecular weight is 532 g/mol. The highest BCUT2D eigenvalue weighted by Crippen LogP contribution is 2.37. The van der Waals surface area contributed by atoms with Crippen LogP contribution in [0, 0.1) is 0 Å². The molecule has 3 fully saturated rings. The van der Waals surface area contributed by atoms with Crippen LogP contribution in [0.25, 0.3) is 16.6 Å². The number of ether oxygens (including phenoxy) is 1. The molecule has 7 rings (SSSR count). The summed E-state index contributed by atoms with van der Waals surface area (Å²) in [6.45, 7) is 6.48. The quantitative estimate of drug-likeness (QED) is 0.329. The van der Waals surface area contributed by atoms with Gasteiger partial charge in [0.05, 0.1) is 30.1 Å². The molecule has 3 aliphatic rings. The molecule has 198 valence electrons. The molecule has 0 saturated carbocycles. The third-order valence-electron chi connectivity index (χ3n) is 7.31. The first-order chi connectivity index (χ1) is 18.3. The van der Waals surface area contributed by atoms with Crippen molar-refractivity contribution in [3.8, 4) is 17.0 Å². The molecule has 2 unspecified atom stereocenters. The van der Waals surface area contributed by atoms with Crippen molar-refractivity contribution < 1.29 is 9.84 Å². The van der Waals surface area contributed by atoms with Gasteiger partial charge in [0.25, 0.3) is 0 Å². The number of fused-ring (bicyclic) bond motifs is 3. The minimum absolute atomic E-state index is 0.521. The minimum Gasteiger partial charge on any atom is -0.481 e. The minimum atomic E-state index is -0.762. The van der Waals surface area contributed by atoms with E-state index in [1.165, 1.54) is 12.0 Å². The van der Waals surface area contributed by atoms with Gasteiger partial charge < -0.3 is 20.5 Å². The average Bonchev–Trinajstić information content (AvgIpc) is 3.30. The summed E-state index contributed by atoms with van der Waals surface area (Å²) in [4.78, 5) is 15.2. The molecule has 0 radical (unpaired) electrons. The Morgan fingerprint density at radius 2 is 1.92 bits per heavy atom. The molecule has 7 heterocycles. The van der Waals surface area contributed by atoms with E-state index >= 15 is 0 Å². The second kappa shape index (κ2) is 9.76. The number of thioether (sulfide) groups is 1. The van der Waals surface area contributed by atoms with Gasteiger partial charge in [0, 0.05) is 78.2 Å². The number of pyridine rings is 3. The highest BCUT2D eigenvalue weighted by Gasteiger charge is 2.44. The van der Waals surface area contributed by atoms with Crippen molar-refractivity contribution in [2.45, 2.75) is 49.4 Å². The predicted octanol–water partition coefficient (Wildman–Crippen LogP) is 3.71. The van der Waals surface area contributed by atoms with Crippen LogP contribution in [0.2, 0.25) is 0 Å². The number of aromatic nitrogens is 4. The molecule has 2 atom stereocenters. The van der Waals surface area contributed by atoms with Crippen molar-refractivity contribution in [2.75, 3.05) is 36.6 Å². The first-order valence-corrected chi connectivity index (χ1v) is 13.8. The second-order valence-corrected chi connectivity index (χ2v) is 11.9. The molecule has 10 heteroatoms. The number of nitrogens with zero attached hydrogens (tertiary/aromatic N) is 6. The molecule has 0 aliphatic carbocycles. The molecule has 38 heavy (non-hydrogen) atoms. The van der Waals surface area contributed by atoms with Crippen molar-refractivity contribution in [3.05, 3.63) is 60.7 Å². The number of anilines is 2. The molecular weight excluding hydrogens is 498 g/mol. The monoisotopic (exact) mass is 531 g/mol. The van der Waals surface area contributed by atoms with Gasteiger partial charge in [-0.2, -0.15) is 5.10 Å². The van der Waals surface area contributed by atoms with E-state index in [1.54, 1.807) is 25.1 Å². The summed E-state index contributed by atoms with van der Waals surface area (Å²) in [5, 5.41) is 14.6. The number of nitrogen functional groups attached to an aromatic ring is 1. The van der Waals surface area contributed by atoms with Crippen LogP contribution < -0.4 is 15.4 Å². The van der Waals surface area contributed by atoms with Crippen LogP contribution in [-0.2, 0) is 6.54 Å². The SMILES string of the molecule is COc1ccc(CN2C3CC2CN(c2ccc(-c4cc(SCC(C)(C)O)cn5ncc(N)c45)cn2)C3)cn1. The lowest BCUT2D eigenvalue weighted by atomic mass is 9.87. The van der Waals surface area contributed by atoms with E-state index in [0.717, 1.165) is 47.0 Å².